The van der Waals surface area contributed by atoms with E-state index in [0.29, 0.717) is 6.04 Å². The van der Waals surface area contributed by atoms with Crippen molar-refractivity contribution in [2.75, 3.05) is 14.2 Å². The maximum absolute atomic E-state index is 6.21. The zero-order valence-corrected chi connectivity index (χ0v) is 10.5. The highest BCUT2D eigenvalue weighted by atomic mass is 16.5. The molecule has 1 saturated carbocycles. The highest BCUT2D eigenvalue weighted by Gasteiger charge is 2.45. The fourth-order valence-electron chi connectivity index (χ4n) is 2.91. The summed E-state index contributed by atoms with van der Waals surface area (Å²) in [4.78, 5) is 0. The molecule has 1 unspecified atom stereocenters. The van der Waals surface area contributed by atoms with Crippen molar-refractivity contribution in [1.82, 2.24) is 5.32 Å². The molecule has 1 heterocycles. The Morgan fingerprint density at radius 2 is 2.24 bits per heavy atom. The predicted octanol–water partition coefficient (Wildman–Crippen LogP) is 2.66. The molecule has 1 aromatic rings. The van der Waals surface area contributed by atoms with Crippen LogP contribution in [0.1, 0.15) is 37.3 Å². The molecule has 0 radical (unpaired) electrons. The van der Waals surface area contributed by atoms with E-state index in [-0.39, 0.29) is 5.60 Å². The molecule has 1 aliphatic carbocycles. The normalized spacial score (nSPS) is 24.7. The van der Waals surface area contributed by atoms with Gasteiger partial charge in [-0.2, -0.15) is 0 Å². The fraction of sp³-hybridized carbons (Fsp3) is 0.571. The van der Waals surface area contributed by atoms with E-state index in [9.17, 15) is 0 Å². The lowest BCUT2D eigenvalue weighted by atomic mass is 9.73. The second kappa shape index (κ2) is 3.91. The van der Waals surface area contributed by atoms with Crippen molar-refractivity contribution in [3.8, 4) is 11.5 Å². The Kier molecular flexibility index (Phi) is 2.51. The van der Waals surface area contributed by atoms with Crippen molar-refractivity contribution in [1.29, 1.82) is 0 Å². The first-order valence-electron chi connectivity index (χ1n) is 6.30. The van der Waals surface area contributed by atoms with Crippen LogP contribution in [0.4, 0.5) is 0 Å². The summed E-state index contributed by atoms with van der Waals surface area (Å²) < 4.78 is 11.5. The summed E-state index contributed by atoms with van der Waals surface area (Å²) >= 11 is 0. The van der Waals surface area contributed by atoms with E-state index in [2.05, 4.69) is 11.4 Å². The van der Waals surface area contributed by atoms with Crippen LogP contribution >= 0.6 is 0 Å². The smallest absolute Gasteiger partial charge is 0.128 e. The number of hydrogen-bond acceptors (Lipinski definition) is 3. The molecule has 2 aliphatic rings. The molecule has 1 N–H and O–H groups in total. The van der Waals surface area contributed by atoms with Crippen LogP contribution in [-0.4, -0.2) is 19.8 Å². The molecule has 17 heavy (non-hydrogen) atoms. The fourth-order valence-corrected chi connectivity index (χ4v) is 2.91. The third kappa shape index (κ3) is 1.69. The van der Waals surface area contributed by atoms with Gasteiger partial charge in [0.25, 0.3) is 0 Å². The van der Waals surface area contributed by atoms with Crippen molar-refractivity contribution < 1.29 is 9.47 Å². The molecule has 1 atom stereocenters. The standard InChI is InChI=1S/C14H19NO2/c1-15-12-9-14(6-3-7-14)17-13-8-10(16-2)4-5-11(12)13/h4-5,8,12,15H,3,6-7,9H2,1-2H3. The van der Waals surface area contributed by atoms with Gasteiger partial charge < -0.3 is 14.8 Å². The predicted molar refractivity (Wildman–Crippen MR) is 66.6 cm³/mol. The first-order chi connectivity index (χ1) is 8.26. The Morgan fingerprint density at radius 1 is 1.41 bits per heavy atom. The first-order valence-corrected chi connectivity index (χ1v) is 6.30. The molecule has 0 saturated heterocycles. The molecule has 0 amide bonds. The van der Waals surface area contributed by atoms with Crippen LogP contribution < -0.4 is 14.8 Å². The Hall–Kier alpha value is -1.22. The second-order valence-electron chi connectivity index (χ2n) is 5.09. The van der Waals surface area contributed by atoms with Gasteiger partial charge in [0.1, 0.15) is 17.1 Å². The summed E-state index contributed by atoms with van der Waals surface area (Å²) in [7, 11) is 3.72. The van der Waals surface area contributed by atoms with E-state index in [1.807, 2.05) is 19.2 Å². The minimum absolute atomic E-state index is 0.0903. The highest BCUT2D eigenvalue weighted by molar-refractivity contribution is 5.45. The van der Waals surface area contributed by atoms with Crippen molar-refractivity contribution in [2.24, 2.45) is 0 Å². The van der Waals surface area contributed by atoms with Gasteiger partial charge >= 0.3 is 0 Å². The monoisotopic (exact) mass is 233 g/mol. The Balaban J connectivity index is 1.98. The van der Waals surface area contributed by atoms with Gasteiger partial charge in [-0.15, -0.1) is 0 Å². The summed E-state index contributed by atoms with van der Waals surface area (Å²) in [6, 6.07) is 6.54. The lowest BCUT2D eigenvalue weighted by Gasteiger charge is -2.48. The third-order valence-electron chi connectivity index (χ3n) is 4.11. The molecule has 0 bridgehead atoms. The van der Waals surface area contributed by atoms with Gasteiger partial charge in [-0.25, -0.2) is 0 Å². The molecule has 0 aromatic heterocycles. The molecular weight excluding hydrogens is 214 g/mol. The summed E-state index contributed by atoms with van der Waals surface area (Å²) in [5.41, 5.74) is 1.35. The summed E-state index contributed by atoms with van der Waals surface area (Å²) in [5, 5.41) is 3.40. The molecule has 3 heteroatoms. The lowest BCUT2D eigenvalue weighted by Crippen LogP contribution is -2.48. The first kappa shape index (κ1) is 10.9. The Labute approximate surface area is 102 Å². The Bertz CT molecular complexity index is 426. The van der Waals surface area contributed by atoms with Gasteiger partial charge in [0.2, 0.25) is 0 Å². The molecule has 1 spiro atoms. The van der Waals surface area contributed by atoms with Crippen molar-refractivity contribution in [3.63, 3.8) is 0 Å². The Morgan fingerprint density at radius 3 is 2.82 bits per heavy atom. The number of fused-ring (bicyclic) bond motifs is 1. The molecule has 92 valence electrons. The van der Waals surface area contributed by atoms with Crippen LogP contribution in [0.5, 0.6) is 11.5 Å². The molecule has 3 nitrogen and oxygen atoms in total. The summed E-state index contributed by atoms with van der Waals surface area (Å²) in [6.07, 6.45) is 4.74. The lowest BCUT2D eigenvalue weighted by molar-refractivity contribution is -0.0362. The number of methoxy groups -OCH3 is 1. The number of rotatable bonds is 2. The van der Waals surface area contributed by atoms with Gasteiger partial charge in [0.05, 0.1) is 7.11 Å². The molecular formula is C14H19NO2. The highest BCUT2D eigenvalue weighted by Crippen LogP contribution is 2.49. The van der Waals surface area contributed by atoms with Gasteiger partial charge in [0, 0.05) is 24.1 Å². The molecule has 1 aromatic carbocycles. The molecule has 1 aliphatic heterocycles. The minimum atomic E-state index is 0.0903. The van der Waals surface area contributed by atoms with Crippen LogP contribution in [0.25, 0.3) is 0 Å². The number of nitrogens with one attached hydrogen (secondary N) is 1. The van der Waals surface area contributed by atoms with E-state index in [1.165, 1.54) is 24.8 Å². The van der Waals surface area contributed by atoms with Crippen LogP contribution in [-0.2, 0) is 0 Å². The van der Waals surface area contributed by atoms with Crippen molar-refractivity contribution >= 4 is 0 Å². The zero-order chi connectivity index (χ0) is 11.9. The second-order valence-corrected chi connectivity index (χ2v) is 5.09. The van der Waals surface area contributed by atoms with E-state index < -0.39 is 0 Å². The number of hydrogen-bond donors (Lipinski definition) is 1. The van der Waals surface area contributed by atoms with E-state index in [4.69, 9.17) is 9.47 Å². The summed E-state index contributed by atoms with van der Waals surface area (Å²) in [5.74, 6) is 1.87. The quantitative estimate of drug-likeness (QED) is 0.852. The van der Waals surface area contributed by atoms with Crippen LogP contribution in [0.15, 0.2) is 18.2 Å². The van der Waals surface area contributed by atoms with Gasteiger partial charge in [-0.1, -0.05) is 6.07 Å². The van der Waals surface area contributed by atoms with Gasteiger partial charge in [0.15, 0.2) is 0 Å². The minimum Gasteiger partial charge on any atom is -0.497 e. The van der Waals surface area contributed by atoms with Crippen LogP contribution in [0.3, 0.4) is 0 Å². The van der Waals surface area contributed by atoms with E-state index >= 15 is 0 Å². The average Bonchev–Trinajstić information content (AvgIpc) is 2.34. The maximum Gasteiger partial charge on any atom is 0.128 e. The number of benzene rings is 1. The maximum atomic E-state index is 6.21. The topological polar surface area (TPSA) is 30.5 Å². The SMILES string of the molecule is CNC1CC2(CCC2)Oc2cc(OC)ccc21. The average molecular weight is 233 g/mol. The molecule has 1 fully saturated rings. The largest absolute Gasteiger partial charge is 0.497 e. The van der Waals surface area contributed by atoms with Crippen LogP contribution in [0, 0.1) is 0 Å². The molecule has 3 rings (SSSR count). The van der Waals surface area contributed by atoms with E-state index in [0.717, 1.165) is 17.9 Å². The zero-order valence-electron chi connectivity index (χ0n) is 10.5. The van der Waals surface area contributed by atoms with Crippen molar-refractivity contribution in [2.45, 2.75) is 37.3 Å². The van der Waals surface area contributed by atoms with Gasteiger partial charge in [-0.3, -0.25) is 0 Å². The number of ether oxygens (including phenoxy) is 2. The van der Waals surface area contributed by atoms with E-state index in [1.54, 1.807) is 7.11 Å². The van der Waals surface area contributed by atoms with Crippen LogP contribution in [0.2, 0.25) is 0 Å². The summed E-state index contributed by atoms with van der Waals surface area (Å²) in [6.45, 7) is 0. The van der Waals surface area contributed by atoms with Gasteiger partial charge in [-0.05, 0) is 32.4 Å². The third-order valence-corrected chi connectivity index (χ3v) is 4.11. The van der Waals surface area contributed by atoms with Crippen molar-refractivity contribution in [3.05, 3.63) is 23.8 Å².